The Balaban J connectivity index is 1.66. The van der Waals surface area contributed by atoms with Crippen LogP contribution in [0.4, 0.5) is 10.7 Å². The fourth-order valence-electron chi connectivity index (χ4n) is 4.43. The van der Waals surface area contributed by atoms with Crippen LogP contribution in [-0.4, -0.2) is 63.0 Å². The molecule has 3 rings (SSSR count). The number of amides is 1. The molecule has 2 fully saturated rings. The summed E-state index contributed by atoms with van der Waals surface area (Å²) in [7, 11) is -0.477. The van der Waals surface area contributed by atoms with Crippen LogP contribution in [0.1, 0.15) is 88.0 Å². The van der Waals surface area contributed by atoms with Crippen molar-refractivity contribution < 1.29 is 18.8 Å². The molecule has 0 bridgehead atoms. The Bertz CT molecular complexity index is 795. The molecule has 0 unspecified atom stereocenters. The molecule has 0 radical (unpaired) electrons. The van der Waals surface area contributed by atoms with Gasteiger partial charge < -0.3 is 24.3 Å². The standard InChI is InChI=1S/C24H41BN4O4/c1-10-18-12-17(13-19(11-2)29(18)21(30)31-22(3,4)5)28-20-26-14-16(15-27-20)25-32-23(6,7)24(8,9)33-25/h14-15,17-19H,10-13H2,1-9H3,(H,26,27,28)/t17-,18+,19-. The molecule has 3 heterocycles. The van der Waals surface area contributed by atoms with E-state index < -0.39 is 23.9 Å². The third-order valence-electron chi connectivity index (χ3n) is 6.98. The van der Waals surface area contributed by atoms with Crippen molar-refractivity contribution in [2.24, 2.45) is 0 Å². The summed E-state index contributed by atoms with van der Waals surface area (Å²) in [4.78, 5) is 23.9. The lowest BCUT2D eigenvalue weighted by atomic mass is 9.81. The van der Waals surface area contributed by atoms with E-state index in [1.807, 2.05) is 53.4 Å². The molecule has 3 atom stereocenters. The van der Waals surface area contributed by atoms with Gasteiger partial charge in [-0.3, -0.25) is 0 Å². The van der Waals surface area contributed by atoms with Crippen LogP contribution < -0.4 is 10.8 Å². The number of aromatic nitrogens is 2. The van der Waals surface area contributed by atoms with Crippen LogP contribution in [0.2, 0.25) is 0 Å². The SMILES string of the molecule is CC[C@@H]1C[C@H](Nc2ncc(B3OC(C)(C)C(C)(C)O3)cn2)C[C@H](CC)N1C(=O)OC(C)(C)C. The summed E-state index contributed by atoms with van der Waals surface area (Å²) in [6.07, 6.45) is 6.71. The minimum absolute atomic E-state index is 0.111. The summed E-state index contributed by atoms with van der Waals surface area (Å²) < 4.78 is 17.9. The van der Waals surface area contributed by atoms with Crippen molar-refractivity contribution in [2.75, 3.05) is 5.32 Å². The molecule has 1 amide bonds. The van der Waals surface area contributed by atoms with Crippen LogP contribution in [0.25, 0.3) is 0 Å². The normalized spacial score (nSPS) is 26.9. The summed E-state index contributed by atoms with van der Waals surface area (Å²) >= 11 is 0. The fourth-order valence-corrected chi connectivity index (χ4v) is 4.43. The number of likely N-dealkylation sites (tertiary alicyclic amines) is 1. The number of carbonyl (C=O) groups is 1. The van der Waals surface area contributed by atoms with E-state index in [1.165, 1.54) is 0 Å². The lowest BCUT2D eigenvalue weighted by molar-refractivity contribution is -0.00812. The topological polar surface area (TPSA) is 85.8 Å². The summed E-state index contributed by atoms with van der Waals surface area (Å²) in [6.45, 7) is 18.1. The Morgan fingerprint density at radius 2 is 1.58 bits per heavy atom. The molecule has 1 aromatic rings. The van der Waals surface area contributed by atoms with E-state index in [0.29, 0.717) is 5.95 Å². The largest absolute Gasteiger partial charge is 0.498 e. The second-order valence-electron chi connectivity index (χ2n) is 11.3. The number of nitrogens with zero attached hydrogens (tertiary/aromatic N) is 3. The van der Waals surface area contributed by atoms with Gasteiger partial charge >= 0.3 is 13.2 Å². The maximum absolute atomic E-state index is 12.9. The number of nitrogens with one attached hydrogen (secondary N) is 1. The number of piperidine rings is 1. The zero-order chi connectivity index (χ0) is 24.6. The first kappa shape index (κ1) is 25.8. The predicted octanol–water partition coefficient (Wildman–Crippen LogP) is 4.14. The number of anilines is 1. The third-order valence-corrected chi connectivity index (χ3v) is 6.98. The molecular formula is C24H41BN4O4. The molecule has 184 valence electrons. The maximum atomic E-state index is 12.9. The molecule has 0 spiro atoms. The first-order valence-corrected chi connectivity index (χ1v) is 12.2. The van der Waals surface area contributed by atoms with Crippen LogP contribution in [-0.2, 0) is 14.0 Å². The van der Waals surface area contributed by atoms with E-state index in [1.54, 1.807) is 12.4 Å². The minimum Gasteiger partial charge on any atom is -0.444 e. The lowest BCUT2D eigenvalue weighted by Crippen LogP contribution is -2.55. The monoisotopic (exact) mass is 460 g/mol. The highest BCUT2D eigenvalue weighted by molar-refractivity contribution is 6.61. The Morgan fingerprint density at radius 3 is 2.00 bits per heavy atom. The van der Waals surface area contributed by atoms with Gasteiger partial charge in [0.2, 0.25) is 5.95 Å². The van der Waals surface area contributed by atoms with Gasteiger partial charge in [0.1, 0.15) is 5.60 Å². The zero-order valence-electron chi connectivity index (χ0n) is 21.8. The Hall–Kier alpha value is -1.87. The molecule has 0 aliphatic carbocycles. The number of rotatable bonds is 5. The Kier molecular flexibility index (Phi) is 7.34. The van der Waals surface area contributed by atoms with Crippen molar-refractivity contribution in [3.8, 4) is 0 Å². The molecule has 9 heteroatoms. The second kappa shape index (κ2) is 9.41. The summed E-state index contributed by atoms with van der Waals surface area (Å²) in [5.74, 6) is 0.579. The van der Waals surface area contributed by atoms with Crippen molar-refractivity contribution in [2.45, 2.75) is 123 Å². The van der Waals surface area contributed by atoms with Gasteiger partial charge in [0.05, 0.1) is 11.2 Å². The lowest BCUT2D eigenvalue weighted by Gasteiger charge is -2.45. The van der Waals surface area contributed by atoms with Gasteiger partial charge in [0, 0.05) is 36.0 Å². The van der Waals surface area contributed by atoms with Crippen LogP contribution in [0.5, 0.6) is 0 Å². The third kappa shape index (κ3) is 5.80. The van der Waals surface area contributed by atoms with E-state index in [-0.39, 0.29) is 24.2 Å². The van der Waals surface area contributed by atoms with Crippen molar-refractivity contribution in [1.82, 2.24) is 14.9 Å². The van der Waals surface area contributed by atoms with Crippen LogP contribution in [0.15, 0.2) is 12.4 Å². The molecule has 0 aromatic carbocycles. The summed E-state index contributed by atoms with van der Waals surface area (Å²) in [6, 6.07) is 0.404. The fraction of sp³-hybridized carbons (Fsp3) is 0.792. The number of carbonyl (C=O) groups excluding carboxylic acids is 1. The van der Waals surface area contributed by atoms with Crippen molar-refractivity contribution in [3.63, 3.8) is 0 Å². The van der Waals surface area contributed by atoms with Gasteiger partial charge in [-0.15, -0.1) is 0 Å². The Morgan fingerprint density at radius 1 is 1.09 bits per heavy atom. The van der Waals surface area contributed by atoms with Crippen molar-refractivity contribution >= 4 is 24.6 Å². The Labute approximate surface area is 199 Å². The van der Waals surface area contributed by atoms with Crippen LogP contribution >= 0.6 is 0 Å². The number of hydrogen-bond donors (Lipinski definition) is 1. The summed E-state index contributed by atoms with van der Waals surface area (Å²) in [5, 5.41) is 3.48. The highest BCUT2D eigenvalue weighted by Gasteiger charge is 2.52. The minimum atomic E-state index is -0.504. The van der Waals surface area contributed by atoms with E-state index in [0.717, 1.165) is 31.1 Å². The molecule has 0 saturated carbocycles. The first-order chi connectivity index (χ1) is 15.3. The molecule has 1 aromatic heterocycles. The molecule has 1 N–H and O–H groups in total. The van der Waals surface area contributed by atoms with Gasteiger partial charge in [0.15, 0.2) is 0 Å². The van der Waals surface area contributed by atoms with Gasteiger partial charge in [-0.25, -0.2) is 14.8 Å². The van der Waals surface area contributed by atoms with Gasteiger partial charge in [-0.1, -0.05) is 13.8 Å². The van der Waals surface area contributed by atoms with Crippen LogP contribution in [0.3, 0.4) is 0 Å². The highest BCUT2D eigenvalue weighted by Crippen LogP contribution is 2.36. The quantitative estimate of drug-likeness (QED) is 0.661. The van der Waals surface area contributed by atoms with Gasteiger partial charge in [0.25, 0.3) is 0 Å². The molecular weight excluding hydrogens is 419 g/mol. The van der Waals surface area contributed by atoms with E-state index >= 15 is 0 Å². The second-order valence-corrected chi connectivity index (χ2v) is 11.3. The van der Waals surface area contributed by atoms with E-state index in [4.69, 9.17) is 14.0 Å². The maximum Gasteiger partial charge on any atom is 0.498 e. The smallest absolute Gasteiger partial charge is 0.444 e. The van der Waals surface area contributed by atoms with Crippen molar-refractivity contribution in [3.05, 3.63) is 12.4 Å². The molecule has 2 aliphatic heterocycles. The van der Waals surface area contributed by atoms with Crippen molar-refractivity contribution in [1.29, 1.82) is 0 Å². The average Bonchev–Trinajstić information content (AvgIpc) is 2.93. The number of hydrogen-bond acceptors (Lipinski definition) is 7. The van der Waals surface area contributed by atoms with E-state index in [9.17, 15) is 4.79 Å². The first-order valence-electron chi connectivity index (χ1n) is 12.2. The summed E-state index contributed by atoms with van der Waals surface area (Å²) in [5.41, 5.74) is -0.505. The van der Waals surface area contributed by atoms with Gasteiger partial charge in [-0.05, 0) is 74.1 Å². The highest BCUT2D eigenvalue weighted by atomic mass is 16.7. The molecule has 2 aliphatic rings. The zero-order valence-corrected chi connectivity index (χ0v) is 21.8. The molecule has 2 saturated heterocycles. The van der Waals surface area contributed by atoms with Crippen LogP contribution in [0, 0.1) is 0 Å². The van der Waals surface area contributed by atoms with E-state index in [2.05, 4.69) is 29.1 Å². The number of ether oxygens (including phenoxy) is 1. The predicted molar refractivity (Wildman–Crippen MR) is 131 cm³/mol. The van der Waals surface area contributed by atoms with Gasteiger partial charge in [-0.2, -0.15) is 0 Å². The molecule has 8 nitrogen and oxygen atoms in total. The average molecular weight is 460 g/mol. The molecule has 33 heavy (non-hydrogen) atoms.